The van der Waals surface area contributed by atoms with Gasteiger partial charge in [-0.2, -0.15) is 0 Å². The summed E-state index contributed by atoms with van der Waals surface area (Å²) in [5, 5.41) is 3.01. The molecule has 0 aromatic heterocycles. The summed E-state index contributed by atoms with van der Waals surface area (Å²) >= 11 is 0. The van der Waals surface area contributed by atoms with E-state index in [-0.39, 0.29) is 24.9 Å². The van der Waals surface area contributed by atoms with E-state index in [1.54, 1.807) is 0 Å². The molecule has 100 valence electrons. The maximum atomic E-state index is 11.5. The molecule has 0 spiro atoms. The number of rotatable bonds is 5. The SMILES string of the molecule is Cl.NC1CCC(NC(=O)COCC2CC2)CC1. The van der Waals surface area contributed by atoms with Crippen molar-refractivity contribution in [3.8, 4) is 0 Å². The summed E-state index contributed by atoms with van der Waals surface area (Å²) < 4.78 is 5.35. The van der Waals surface area contributed by atoms with E-state index < -0.39 is 0 Å². The highest BCUT2D eigenvalue weighted by Gasteiger charge is 2.22. The highest BCUT2D eigenvalue weighted by atomic mass is 35.5. The lowest BCUT2D eigenvalue weighted by Crippen LogP contribution is -2.41. The number of amides is 1. The maximum Gasteiger partial charge on any atom is 0.246 e. The van der Waals surface area contributed by atoms with Gasteiger partial charge in [0.15, 0.2) is 0 Å². The van der Waals surface area contributed by atoms with Crippen LogP contribution in [-0.2, 0) is 9.53 Å². The summed E-state index contributed by atoms with van der Waals surface area (Å²) in [6.07, 6.45) is 6.59. The maximum absolute atomic E-state index is 11.5. The van der Waals surface area contributed by atoms with Gasteiger partial charge in [0.25, 0.3) is 0 Å². The molecule has 0 aliphatic heterocycles. The predicted octanol–water partition coefficient (Wildman–Crippen LogP) is 1.22. The van der Waals surface area contributed by atoms with Gasteiger partial charge in [0.05, 0.1) is 6.61 Å². The van der Waals surface area contributed by atoms with E-state index in [0.29, 0.717) is 12.1 Å². The lowest BCUT2D eigenvalue weighted by molar-refractivity contribution is -0.126. The smallest absolute Gasteiger partial charge is 0.246 e. The molecule has 4 nitrogen and oxygen atoms in total. The number of halogens is 1. The highest BCUT2D eigenvalue weighted by Crippen LogP contribution is 2.28. The van der Waals surface area contributed by atoms with E-state index in [9.17, 15) is 4.79 Å². The lowest BCUT2D eigenvalue weighted by Gasteiger charge is -2.26. The topological polar surface area (TPSA) is 64.3 Å². The van der Waals surface area contributed by atoms with Crippen LogP contribution in [0.1, 0.15) is 38.5 Å². The van der Waals surface area contributed by atoms with E-state index in [1.807, 2.05) is 0 Å². The van der Waals surface area contributed by atoms with Crippen LogP contribution in [0.15, 0.2) is 0 Å². The quantitative estimate of drug-likeness (QED) is 0.783. The number of carbonyl (C=O) groups excluding carboxylic acids is 1. The average molecular weight is 263 g/mol. The molecule has 2 saturated carbocycles. The average Bonchev–Trinajstić information content (AvgIpc) is 3.05. The minimum atomic E-state index is 0. The molecule has 1 amide bonds. The number of hydrogen-bond acceptors (Lipinski definition) is 3. The van der Waals surface area contributed by atoms with Gasteiger partial charge in [-0.25, -0.2) is 0 Å². The molecule has 0 unspecified atom stereocenters. The number of hydrogen-bond donors (Lipinski definition) is 2. The second-order valence-electron chi connectivity index (χ2n) is 5.14. The van der Waals surface area contributed by atoms with Gasteiger partial charge in [0.2, 0.25) is 5.91 Å². The van der Waals surface area contributed by atoms with Crippen molar-refractivity contribution in [1.29, 1.82) is 0 Å². The first-order valence-electron chi connectivity index (χ1n) is 6.36. The summed E-state index contributed by atoms with van der Waals surface area (Å²) in [4.78, 5) is 11.5. The van der Waals surface area contributed by atoms with Gasteiger partial charge in [0, 0.05) is 12.1 Å². The molecule has 0 bridgehead atoms. The summed E-state index contributed by atoms with van der Waals surface area (Å²) in [7, 11) is 0. The minimum absolute atomic E-state index is 0. The molecule has 0 saturated heterocycles. The highest BCUT2D eigenvalue weighted by molar-refractivity contribution is 5.85. The van der Waals surface area contributed by atoms with E-state index in [1.165, 1.54) is 12.8 Å². The van der Waals surface area contributed by atoms with Crippen molar-refractivity contribution in [3.63, 3.8) is 0 Å². The summed E-state index contributed by atoms with van der Waals surface area (Å²) in [6.45, 7) is 0.974. The zero-order chi connectivity index (χ0) is 11.4. The molecule has 5 heteroatoms. The molecule has 2 aliphatic carbocycles. The number of nitrogens with one attached hydrogen (secondary N) is 1. The van der Waals surface area contributed by atoms with Crippen molar-refractivity contribution < 1.29 is 9.53 Å². The van der Waals surface area contributed by atoms with Crippen LogP contribution in [0.3, 0.4) is 0 Å². The first-order valence-corrected chi connectivity index (χ1v) is 6.36. The van der Waals surface area contributed by atoms with E-state index >= 15 is 0 Å². The monoisotopic (exact) mass is 262 g/mol. The van der Waals surface area contributed by atoms with Crippen LogP contribution < -0.4 is 11.1 Å². The van der Waals surface area contributed by atoms with Crippen molar-refractivity contribution in [3.05, 3.63) is 0 Å². The Kier molecular flexibility index (Phi) is 6.23. The third-order valence-corrected chi connectivity index (χ3v) is 3.42. The van der Waals surface area contributed by atoms with Gasteiger partial charge in [-0.15, -0.1) is 12.4 Å². The van der Waals surface area contributed by atoms with E-state index in [0.717, 1.165) is 38.2 Å². The molecule has 2 fully saturated rings. The Morgan fingerprint density at radius 2 is 1.82 bits per heavy atom. The molecule has 2 aliphatic rings. The molecular weight excluding hydrogens is 240 g/mol. The van der Waals surface area contributed by atoms with Crippen LogP contribution in [0.5, 0.6) is 0 Å². The van der Waals surface area contributed by atoms with E-state index in [2.05, 4.69) is 5.32 Å². The van der Waals surface area contributed by atoms with Gasteiger partial charge < -0.3 is 15.8 Å². The molecule has 0 aromatic carbocycles. The zero-order valence-corrected chi connectivity index (χ0v) is 11.0. The Morgan fingerprint density at radius 3 is 2.41 bits per heavy atom. The number of carbonyl (C=O) groups is 1. The Bertz CT molecular complexity index is 239. The molecule has 0 aromatic rings. The Balaban J connectivity index is 0.00000144. The van der Waals surface area contributed by atoms with Crippen molar-refractivity contribution in [2.24, 2.45) is 11.7 Å². The lowest BCUT2D eigenvalue weighted by atomic mass is 9.92. The predicted molar refractivity (Wildman–Crippen MR) is 69.2 cm³/mol. The largest absolute Gasteiger partial charge is 0.371 e. The first-order chi connectivity index (χ1) is 7.74. The van der Waals surface area contributed by atoms with Crippen LogP contribution in [-0.4, -0.2) is 31.2 Å². The Labute approximate surface area is 109 Å². The number of nitrogens with two attached hydrogens (primary N) is 1. The summed E-state index contributed by atoms with van der Waals surface area (Å²) in [5.74, 6) is 0.751. The summed E-state index contributed by atoms with van der Waals surface area (Å²) in [6, 6.07) is 0.649. The normalized spacial score (nSPS) is 28.3. The third-order valence-electron chi connectivity index (χ3n) is 3.42. The molecule has 0 radical (unpaired) electrons. The number of ether oxygens (including phenoxy) is 1. The Hall–Kier alpha value is -0.320. The van der Waals surface area contributed by atoms with Gasteiger partial charge in [-0.05, 0) is 44.4 Å². The van der Waals surface area contributed by atoms with Crippen LogP contribution >= 0.6 is 12.4 Å². The fourth-order valence-corrected chi connectivity index (χ4v) is 2.14. The fourth-order valence-electron chi connectivity index (χ4n) is 2.14. The molecule has 3 N–H and O–H groups in total. The second kappa shape index (κ2) is 7.19. The standard InChI is InChI=1S/C12H22N2O2.ClH/c13-10-3-5-11(6-4-10)14-12(15)8-16-7-9-1-2-9;/h9-11H,1-8,13H2,(H,14,15);1H. The van der Waals surface area contributed by atoms with Crippen molar-refractivity contribution in [1.82, 2.24) is 5.32 Å². The molecular formula is C12H23ClN2O2. The molecule has 17 heavy (non-hydrogen) atoms. The van der Waals surface area contributed by atoms with Crippen molar-refractivity contribution in [2.45, 2.75) is 50.6 Å². The van der Waals surface area contributed by atoms with Crippen LogP contribution in [0.2, 0.25) is 0 Å². The van der Waals surface area contributed by atoms with Crippen LogP contribution in [0, 0.1) is 5.92 Å². The van der Waals surface area contributed by atoms with E-state index in [4.69, 9.17) is 10.5 Å². The van der Waals surface area contributed by atoms with Gasteiger partial charge in [0.1, 0.15) is 6.61 Å². The van der Waals surface area contributed by atoms with Crippen LogP contribution in [0.25, 0.3) is 0 Å². The molecule has 2 rings (SSSR count). The third kappa shape index (κ3) is 5.70. The molecule has 0 heterocycles. The van der Waals surface area contributed by atoms with Gasteiger partial charge in [-0.1, -0.05) is 0 Å². The second-order valence-corrected chi connectivity index (χ2v) is 5.14. The fraction of sp³-hybridized carbons (Fsp3) is 0.917. The van der Waals surface area contributed by atoms with Crippen molar-refractivity contribution >= 4 is 18.3 Å². The van der Waals surface area contributed by atoms with Crippen molar-refractivity contribution in [2.75, 3.05) is 13.2 Å². The Morgan fingerprint density at radius 1 is 1.18 bits per heavy atom. The summed E-state index contributed by atoms with van der Waals surface area (Å²) in [5.41, 5.74) is 5.81. The molecule has 0 atom stereocenters. The minimum Gasteiger partial charge on any atom is -0.371 e. The zero-order valence-electron chi connectivity index (χ0n) is 10.2. The van der Waals surface area contributed by atoms with Crippen LogP contribution in [0.4, 0.5) is 0 Å². The first kappa shape index (κ1) is 14.7. The van der Waals surface area contributed by atoms with Gasteiger partial charge >= 0.3 is 0 Å². The van der Waals surface area contributed by atoms with Gasteiger partial charge in [-0.3, -0.25) is 4.79 Å².